The zero-order chi connectivity index (χ0) is 13.4. The summed E-state index contributed by atoms with van der Waals surface area (Å²) in [4.78, 5) is 2.28. The molecule has 18 heavy (non-hydrogen) atoms. The number of rotatable bonds is 8. The maximum absolute atomic E-state index is 11.7. The third-order valence-electron chi connectivity index (χ3n) is 3.60. The lowest BCUT2D eigenvalue weighted by atomic mass is 9.99. The van der Waals surface area contributed by atoms with E-state index in [9.17, 15) is 8.42 Å². The number of hydrogen-bond acceptors (Lipinski definition) is 4. The van der Waals surface area contributed by atoms with Gasteiger partial charge in [-0.15, -0.1) is 0 Å². The second kappa shape index (κ2) is 8.12. The molecule has 0 spiro atoms. The van der Waals surface area contributed by atoms with Crippen molar-refractivity contribution in [2.24, 2.45) is 5.92 Å². The van der Waals surface area contributed by atoms with Crippen LogP contribution in [0.5, 0.6) is 0 Å². The number of nitrogens with one attached hydrogen (secondary N) is 1. The van der Waals surface area contributed by atoms with E-state index >= 15 is 0 Å². The molecule has 1 fully saturated rings. The Kier molecular flexibility index (Phi) is 7.19. The predicted octanol–water partition coefficient (Wildman–Crippen LogP) is 1.13. The van der Waals surface area contributed by atoms with Crippen molar-refractivity contribution >= 4 is 9.84 Å². The van der Waals surface area contributed by atoms with E-state index in [0.717, 1.165) is 32.6 Å². The van der Waals surface area contributed by atoms with Gasteiger partial charge in [0, 0.05) is 18.8 Å². The Morgan fingerprint density at radius 3 is 2.61 bits per heavy atom. The van der Waals surface area contributed by atoms with Crippen molar-refractivity contribution in [2.75, 3.05) is 44.2 Å². The normalized spacial score (nSPS) is 21.4. The SMILES string of the molecule is CCCS(=O)(=O)CCN(CC)CC1CCCNC1. The van der Waals surface area contributed by atoms with Gasteiger partial charge < -0.3 is 10.2 Å². The minimum Gasteiger partial charge on any atom is -0.316 e. The Morgan fingerprint density at radius 2 is 2.06 bits per heavy atom. The average Bonchev–Trinajstić information content (AvgIpc) is 2.35. The molecule has 0 aromatic carbocycles. The fraction of sp³-hybridized carbons (Fsp3) is 1.00. The highest BCUT2D eigenvalue weighted by Gasteiger charge is 2.18. The van der Waals surface area contributed by atoms with Crippen molar-refractivity contribution in [3.8, 4) is 0 Å². The molecule has 1 aliphatic heterocycles. The molecule has 1 saturated heterocycles. The summed E-state index contributed by atoms with van der Waals surface area (Å²) in [5.74, 6) is 1.33. The van der Waals surface area contributed by atoms with Crippen molar-refractivity contribution < 1.29 is 8.42 Å². The summed E-state index contributed by atoms with van der Waals surface area (Å²) in [6, 6.07) is 0. The van der Waals surface area contributed by atoms with Crippen molar-refractivity contribution in [1.82, 2.24) is 10.2 Å². The van der Waals surface area contributed by atoms with Crippen molar-refractivity contribution in [1.29, 1.82) is 0 Å². The van der Waals surface area contributed by atoms with Crippen LogP contribution in [0.25, 0.3) is 0 Å². The topological polar surface area (TPSA) is 49.4 Å². The zero-order valence-electron chi connectivity index (χ0n) is 11.8. The van der Waals surface area contributed by atoms with Gasteiger partial charge in [0.1, 0.15) is 0 Å². The van der Waals surface area contributed by atoms with Crippen LogP contribution in [0.4, 0.5) is 0 Å². The lowest BCUT2D eigenvalue weighted by molar-refractivity contribution is 0.225. The van der Waals surface area contributed by atoms with E-state index in [1.165, 1.54) is 12.8 Å². The van der Waals surface area contributed by atoms with Crippen LogP contribution in [0, 0.1) is 5.92 Å². The Morgan fingerprint density at radius 1 is 1.28 bits per heavy atom. The van der Waals surface area contributed by atoms with Crippen molar-refractivity contribution in [3.05, 3.63) is 0 Å². The molecular formula is C13H28N2O2S. The molecule has 0 aliphatic carbocycles. The summed E-state index contributed by atoms with van der Waals surface area (Å²) in [6.07, 6.45) is 3.24. The summed E-state index contributed by atoms with van der Waals surface area (Å²) in [7, 11) is -2.83. The van der Waals surface area contributed by atoms with Gasteiger partial charge >= 0.3 is 0 Å². The summed E-state index contributed by atoms with van der Waals surface area (Å²) in [5.41, 5.74) is 0. The Balaban J connectivity index is 2.32. The van der Waals surface area contributed by atoms with Gasteiger partial charge in [-0.25, -0.2) is 8.42 Å². The monoisotopic (exact) mass is 276 g/mol. The van der Waals surface area contributed by atoms with Gasteiger partial charge in [0.2, 0.25) is 0 Å². The summed E-state index contributed by atoms with van der Waals surface area (Å²) in [6.45, 7) is 8.91. The lowest BCUT2D eigenvalue weighted by Gasteiger charge is -2.29. The molecule has 0 radical (unpaired) electrons. The smallest absolute Gasteiger partial charge is 0.151 e. The largest absolute Gasteiger partial charge is 0.316 e. The van der Waals surface area contributed by atoms with Gasteiger partial charge in [-0.05, 0) is 44.8 Å². The van der Waals surface area contributed by atoms with Crippen LogP contribution in [0.1, 0.15) is 33.1 Å². The van der Waals surface area contributed by atoms with Crippen LogP contribution in [0.3, 0.4) is 0 Å². The van der Waals surface area contributed by atoms with E-state index in [2.05, 4.69) is 17.1 Å². The molecule has 1 rings (SSSR count). The molecule has 1 heterocycles. The molecule has 1 unspecified atom stereocenters. The first-order chi connectivity index (χ1) is 8.57. The van der Waals surface area contributed by atoms with Crippen LogP contribution in [-0.2, 0) is 9.84 Å². The van der Waals surface area contributed by atoms with Gasteiger partial charge in [-0.3, -0.25) is 0 Å². The molecular weight excluding hydrogens is 248 g/mol. The number of nitrogens with zero attached hydrogens (tertiary/aromatic N) is 1. The van der Waals surface area contributed by atoms with Gasteiger partial charge in [-0.2, -0.15) is 0 Å². The molecule has 5 heteroatoms. The second-order valence-electron chi connectivity index (χ2n) is 5.26. The van der Waals surface area contributed by atoms with Gasteiger partial charge in [0.15, 0.2) is 9.84 Å². The first-order valence-electron chi connectivity index (χ1n) is 7.21. The summed E-state index contributed by atoms with van der Waals surface area (Å²) < 4.78 is 23.4. The summed E-state index contributed by atoms with van der Waals surface area (Å²) >= 11 is 0. The molecule has 1 atom stereocenters. The van der Waals surface area contributed by atoms with E-state index in [-0.39, 0.29) is 0 Å². The second-order valence-corrected chi connectivity index (χ2v) is 7.56. The number of hydrogen-bond donors (Lipinski definition) is 1. The van der Waals surface area contributed by atoms with Crippen molar-refractivity contribution in [2.45, 2.75) is 33.1 Å². The number of sulfone groups is 1. The van der Waals surface area contributed by atoms with Crippen LogP contribution >= 0.6 is 0 Å². The average molecular weight is 276 g/mol. The molecule has 0 amide bonds. The Labute approximate surface area is 112 Å². The molecule has 1 aliphatic rings. The number of piperidine rings is 1. The highest BCUT2D eigenvalue weighted by molar-refractivity contribution is 7.91. The molecule has 4 nitrogen and oxygen atoms in total. The first kappa shape index (κ1) is 15.9. The van der Waals surface area contributed by atoms with Crippen LogP contribution in [0.2, 0.25) is 0 Å². The highest BCUT2D eigenvalue weighted by atomic mass is 32.2. The van der Waals surface area contributed by atoms with Crippen molar-refractivity contribution in [3.63, 3.8) is 0 Å². The first-order valence-corrected chi connectivity index (χ1v) is 9.03. The third-order valence-corrected chi connectivity index (χ3v) is 5.43. The summed E-state index contributed by atoms with van der Waals surface area (Å²) in [5, 5.41) is 3.41. The standard InChI is InChI=1S/C13H28N2O2S/c1-3-9-18(16,17)10-8-15(4-2)12-13-6-5-7-14-11-13/h13-14H,3-12H2,1-2H3. The van der Waals surface area contributed by atoms with E-state index in [1.54, 1.807) is 0 Å². The minimum atomic E-state index is -2.83. The van der Waals surface area contributed by atoms with Gasteiger partial charge in [0.05, 0.1) is 5.75 Å². The lowest BCUT2D eigenvalue weighted by Crippen LogP contribution is -2.40. The van der Waals surface area contributed by atoms with Crippen LogP contribution in [-0.4, -0.2) is 57.5 Å². The van der Waals surface area contributed by atoms with Gasteiger partial charge in [0.25, 0.3) is 0 Å². The predicted molar refractivity (Wildman–Crippen MR) is 76.7 cm³/mol. The van der Waals surface area contributed by atoms with E-state index in [1.807, 2.05) is 6.92 Å². The van der Waals surface area contributed by atoms with Crippen LogP contribution in [0.15, 0.2) is 0 Å². The third kappa shape index (κ3) is 6.16. The zero-order valence-corrected chi connectivity index (χ0v) is 12.6. The Bertz CT molecular complexity index is 311. The quantitative estimate of drug-likeness (QED) is 0.722. The fourth-order valence-corrected chi connectivity index (χ4v) is 3.87. The Hall–Kier alpha value is -0.130. The molecule has 0 saturated carbocycles. The maximum atomic E-state index is 11.7. The molecule has 0 aromatic heterocycles. The van der Waals surface area contributed by atoms with Gasteiger partial charge in [-0.1, -0.05) is 13.8 Å². The molecule has 0 bridgehead atoms. The van der Waals surface area contributed by atoms with Crippen LogP contribution < -0.4 is 5.32 Å². The fourth-order valence-electron chi connectivity index (χ4n) is 2.50. The molecule has 108 valence electrons. The van der Waals surface area contributed by atoms with E-state index in [0.29, 0.717) is 24.0 Å². The maximum Gasteiger partial charge on any atom is 0.151 e. The molecule has 1 N–H and O–H groups in total. The van der Waals surface area contributed by atoms with E-state index < -0.39 is 9.84 Å². The minimum absolute atomic E-state index is 0.314. The highest BCUT2D eigenvalue weighted by Crippen LogP contribution is 2.11. The van der Waals surface area contributed by atoms with E-state index in [4.69, 9.17) is 0 Å². The molecule has 0 aromatic rings.